The quantitative estimate of drug-likeness (QED) is 0.640. The lowest BCUT2D eigenvalue weighted by Gasteiger charge is -2.25. The fourth-order valence-corrected chi connectivity index (χ4v) is 4.51. The molecular weight excluding hydrogens is 450 g/mol. The molecule has 7 heteroatoms. The SMILES string of the molecule is CCc1ccccc1NC(=O)CSC1=C(C#N)[C@@H](c2cccc(Br)c2)CC(=O)N1. The van der Waals surface area contributed by atoms with Gasteiger partial charge in [-0.05, 0) is 35.7 Å². The number of aryl methyl sites for hydroxylation is 1. The van der Waals surface area contributed by atoms with Crippen LogP contribution in [-0.4, -0.2) is 17.6 Å². The number of para-hydroxylation sites is 1. The standard InChI is InChI=1S/C22H20BrN3O2S/c1-2-14-6-3-4-9-19(14)25-21(28)13-29-22-18(12-24)17(11-20(27)26-22)15-7-5-8-16(23)10-15/h3-10,17H,2,11,13H2,1H3,(H,25,28)(H,26,27)/t17-/m1/s1. The summed E-state index contributed by atoms with van der Waals surface area (Å²) in [5.41, 5.74) is 3.22. The van der Waals surface area contributed by atoms with E-state index in [1.165, 1.54) is 11.8 Å². The van der Waals surface area contributed by atoms with Crippen molar-refractivity contribution in [3.63, 3.8) is 0 Å². The Morgan fingerprint density at radius 2 is 2.10 bits per heavy atom. The molecule has 0 radical (unpaired) electrons. The average Bonchev–Trinajstić information content (AvgIpc) is 2.72. The topological polar surface area (TPSA) is 82.0 Å². The van der Waals surface area contributed by atoms with E-state index in [1.807, 2.05) is 55.5 Å². The van der Waals surface area contributed by atoms with Gasteiger partial charge < -0.3 is 10.6 Å². The third kappa shape index (κ3) is 5.28. The molecule has 2 amide bonds. The van der Waals surface area contributed by atoms with Crippen LogP contribution in [0.25, 0.3) is 0 Å². The first kappa shape index (κ1) is 21.2. The lowest BCUT2D eigenvalue weighted by Crippen LogP contribution is -2.31. The number of nitrogens with one attached hydrogen (secondary N) is 2. The number of thioether (sulfide) groups is 1. The van der Waals surface area contributed by atoms with Crippen molar-refractivity contribution in [3.05, 3.63) is 74.7 Å². The summed E-state index contributed by atoms with van der Waals surface area (Å²) in [5, 5.41) is 15.9. The van der Waals surface area contributed by atoms with Gasteiger partial charge in [-0.15, -0.1) is 0 Å². The minimum Gasteiger partial charge on any atom is -0.325 e. The number of allylic oxidation sites excluding steroid dienone is 1. The van der Waals surface area contributed by atoms with Crippen LogP contribution < -0.4 is 10.6 Å². The maximum atomic E-state index is 12.4. The highest BCUT2D eigenvalue weighted by Gasteiger charge is 2.30. The van der Waals surface area contributed by atoms with Gasteiger partial charge in [-0.2, -0.15) is 5.26 Å². The van der Waals surface area contributed by atoms with E-state index in [9.17, 15) is 14.9 Å². The van der Waals surface area contributed by atoms with Crippen LogP contribution in [0.5, 0.6) is 0 Å². The molecule has 1 aliphatic heterocycles. The van der Waals surface area contributed by atoms with E-state index < -0.39 is 0 Å². The molecule has 0 spiro atoms. The molecule has 29 heavy (non-hydrogen) atoms. The Morgan fingerprint density at radius 1 is 1.31 bits per heavy atom. The smallest absolute Gasteiger partial charge is 0.234 e. The summed E-state index contributed by atoms with van der Waals surface area (Å²) in [7, 11) is 0. The first-order valence-corrected chi connectivity index (χ1v) is 11.0. The number of amides is 2. The zero-order valence-corrected chi connectivity index (χ0v) is 18.3. The van der Waals surface area contributed by atoms with Gasteiger partial charge in [0.2, 0.25) is 11.8 Å². The van der Waals surface area contributed by atoms with E-state index in [1.54, 1.807) is 0 Å². The van der Waals surface area contributed by atoms with Crippen LogP contribution in [0, 0.1) is 11.3 Å². The minimum absolute atomic E-state index is 0.101. The van der Waals surface area contributed by atoms with Crippen LogP contribution in [0.4, 0.5) is 5.69 Å². The fourth-order valence-electron chi connectivity index (χ4n) is 3.22. The molecule has 1 heterocycles. The number of hydrogen-bond donors (Lipinski definition) is 2. The number of benzene rings is 2. The molecular formula is C22H20BrN3O2S. The maximum Gasteiger partial charge on any atom is 0.234 e. The van der Waals surface area contributed by atoms with Gasteiger partial charge in [0.25, 0.3) is 0 Å². The molecule has 3 rings (SSSR count). The van der Waals surface area contributed by atoms with E-state index in [4.69, 9.17) is 0 Å². The highest BCUT2D eigenvalue weighted by Crippen LogP contribution is 2.36. The van der Waals surface area contributed by atoms with Crippen LogP contribution in [0.2, 0.25) is 0 Å². The number of carbonyl (C=O) groups is 2. The van der Waals surface area contributed by atoms with Gasteiger partial charge in [0.05, 0.1) is 22.4 Å². The Bertz CT molecular complexity index is 1010. The third-order valence-corrected chi connectivity index (χ3v) is 6.14. The first-order chi connectivity index (χ1) is 14.0. The largest absolute Gasteiger partial charge is 0.325 e. The van der Waals surface area contributed by atoms with Gasteiger partial charge in [-0.25, -0.2) is 0 Å². The lowest BCUT2D eigenvalue weighted by molar-refractivity contribution is -0.121. The fraction of sp³-hybridized carbons (Fsp3) is 0.227. The van der Waals surface area contributed by atoms with Crippen LogP contribution in [0.15, 0.2) is 63.6 Å². The number of nitrogens with zero attached hydrogens (tertiary/aromatic N) is 1. The molecule has 0 aliphatic carbocycles. The van der Waals surface area contributed by atoms with Gasteiger partial charge in [0.1, 0.15) is 0 Å². The monoisotopic (exact) mass is 469 g/mol. The summed E-state index contributed by atoms with van der Waals surface area (Å²) in [6.45, 7) is 2.03. The van der Waals surface area contributed by atoms with Crippen molar-refractivity contribution < 1.29 is 9.59 Å². The molecule has 148 valence electrons. The molecule has 5 nitrogen and oxygen atoms in total. The Labute approximate surface area is 182 Å². The van der Waals surface area contributed by atoms with Crippen molar-refractivity contribution in [1.29, 1.82) is 5.26 Å². The van der Waals surface area contributed by atoms with Gasteiger partial charge >= 0.3 is 0 Å². The highest BCUT2D eigenvalue weighted by atomic mass is 79.9. The summed E-state index contributed by atoms with van der Waals surface area (Å²) in [6.07, 6.45) is 1.02. The Morgan fingerprint density at radius 3 is 2.83 bits per heavy atom. The Kier molecular flexibility index (Phi) is 7.13. The predicted octanol–water partition coefficient (Wildman–Crippen LogP) is 4.72. The van der Waals surface area contributed by atoms with Crippen molar-refractivity contribution in [2.24, 2.45) is 0 Å². The molecule has 0 fully saturated rings. The molecule has 1 atom stereocenters. The second kappa shape index (κ2) is 9.77. The minimum atomic E-state index is -0.322. The molecule has 2 aromatic carbocycles. The van der Waals surface area contributed by atoms with Crippen molar-refractivity contribution >= 4 is 45.2 Å². The zero-order chi connectivity index (χ0) is 20.8. The Hall–Kier alpha value is -2.56. The third-order valence-electron chi connectivity index (χ3n) is 4.63. The van der Waals surface area contributed by atoms with E-state index in [-0.39, 0.29) is 29.9 Å². The van der Waals surface area contributed by atoms with Crippen LogP contribution in [0.3, 0.4) is 0 Å². The Balaban J connectivity index is 1.76. The maximum absolute atomic E-state index is 12.4. The van der Waals surface area contributed by atoms with Gasteiger partial charge in [0.15, 0.2) is 0 Å². The normalized spacial score (nSPS) is 16.2. The van der Waals surface area contributed by atoms with E-state index >= 15 is 0 Å². The van der Waals surface area contributed by atoms with Gasteiger partial charge in [-0.1, -0.05) is 64.9 Å². The number of carbonyl (C=O) groups excluding carboxylic acids is 2. The summed E-state index contributed by atoms with van der Waals surface area (Å²) < 4.78 is 0.890. The summed E-state index contributed by atoms with van der Waals surface area (Å²) in [5.74, 6) is -0.560. The number of anilines is 1. The van der Waals surface area contributed by atoms with Gasteiger partial charge in [-0.3, -0.25) is 9.59 Å². The van der Waals surface area contributed by atoms with Crippen molar-refractivity contribution in [1.82, 2.24) is 5.32 Å². The number of nitriles is 1. The first-order valence-electron chi connectivity index (χ1n) is 9.22. The van der Waals surface area contributed by atoms with E-state index in [0.29, 0.717) is 10.6 Å². The molecule has 2 N–H and O–H groups in total. The number of halogens is 1. The summed E-state index contributed by atoms with van der Waals surface area (Å²) in [6, 6.07) is 17.5. The molecule has 0 aromatic heterocycles. The predicted molar refractivity (Wildman–Crippen MR) is 119 cm³/mol. The highest BCUT2D eigenvalue weighted by molar-refractivity contribution is 9.10. The molecule has 0 bridgehead atoms. The zero-order valence-electron chi connectivity index (χ0n) is 15.9. The lowest BCUT2D eigenvalue weighted by atomic mass is 9.87. The second-order valence-electron chi connectivity index (χ2n) is 6.56. The molecule has 2 aromatic rings. The molecule has 0 saturated heterocycles. The van der Waals surface area contributed by atoms with Crippen molar-refractivity contribution in [2.45, 2.75) is 25.7 Å². The van der Waals surface area contributed by atoms with Crippen LogP contribution in [0.1, 0.15) is 30.4 Å². The van der Waals surface area contributed by atoms with Crippen molar-refractivity contribution in [2.75, 3.05) is 11.1 Å². The average molecular weight is 470 g/mol. The molecule has 1 aliphatic rings. The van der Waals surface area contributed by atoms with Gasteiger partial charge in [0, 0.05) is 22.5 Å². The second-order valence-corrected chi connectivity index (χ2v) is 8.46. The number of hydrogen-bond acceptors (Lipinski definition) is 4. The van der Waals surface area contributed by atoms with Crippen LogP contribution >= 0.6 is 27.7 Å². The van der Waals surface area contributed by atoms with Crippen molar-refractivity contribution in [3.8, 4) is 6.07 Å². The van der Waals surface area contributed by atoms with Crippen LogP contribution in [-0.2, 0) is 16.0 Å². The van der Waals surface area contributed by atoms with E-state index in [0.717, 1.165) is 27.7 Å². The summed E-state index contributed by atoms with van der Waals surface area (Å²) >= 11 is 4.61. The molecule has 0 unspecified atom stereocenters. The summed E-state index contributed by atoms with van der Waals surface area (Å²) in [4.78, 5) is 24.7. The number of rotatable bonds is 6. The molecule has 0 saturated carbocycles. The van der Waals surface area contributed by atoms with E-state index in [2.05, 4.69) is 32.6 Å².